The third-order valence-electron chi connectivity index (χ3n) is 4.54. The number of carboxylic acid groups (broad SMARTS) is 1. The smallest absolute Gasteiger partial charge is 0.449 e. The molecule has 0 aliphatic rings. The largest absolute Gasteiger partial charge is 0.511 e. The molecule has 0 amide bonds. The molecule has 1 aromatic heterocycles. The first-order valence-electron chi connectivity index (χ1n) is 9.03. The van der Waals surface area contributed by atoms with Crippen molar-refractivity contribution in [2.45, 2.75) is 0 Å². The predicted molar refractivity (Wildman–Crippen MR) is 119 cm³/mol. The number of thiazole rings is 1. The van der Waals surface area contributed by atoms with Gasteiger partial charge in [0.25, 0.3) is 5.69 Å². The Morgan fingerprint density at radius 2 is 1.84 bits per heavy atom. The third-order valence-corrected chi connectivity index (χ3v) is 5.72. The van der Waals surface area contributed by atoms with Crippen LogP contribution in [0.5, 0.6) is 5.75 Å². The summed E-state index contributed by atoms with van der Waals surface area (Å²) in [4.78, 5) is 26.6. The van der Waals surface area contributed by atoms with E-state index in [1.165, 1.54) is 47.7 Å². The molecule has 7 nitrogen and oxygen atoms in total. The molecule has 0 fully saturated rings. The lowest BCUT2D eigenvalue weighted by molar-refractivity contribution is -0.384. The predicted octanol–water partition coefficient (Wildman–Crippen LogP) is 6.90. The summed E-state index contributed by atoms with van der Waals surface area (Å²) >= 11 is 7.13. The van der Waals surface area contributed by atoms with Crippen molar-refractivity contribution in [3.63, 3.8) is 0 Å². The minimum absolute atomic E-state index is 0.0250. The van der Waals surface area contributed by atoms with Crippen LogP contribution in [0.15, 0.2) is 66.0 Å². The van der Waals surface area contributed by atoms with Crippen LogP contribution in [0.2, 0.25) is 5.02 Å². The maximum absolute atomic E-state index is 13.4. The van der Waals surface area contributed by atoms with Gasteiger partial charge in [-0.2, -0.15) is 0 Å². The topological polar surface area (TPSA) is 103 Å². The molecule has 10 heteroatoms. The van der Waals surface area contributed by atoms with E-state index in [9.17, 15) is 19.3 Å². The summed E-state index contributed by atoms with van der Waals surface area (Å²) in [6, 6.07) is 14.9. The molecule has 0 atom stereocenters. The zero-order valence-corrected chi connectivity index (χ0v) is 17.6. The average molecular weight is 471 g/mol. The minimum atomic E-state index is -1.55. The van der Waals surface area contributed by atoms with E-state index in [0.29, 0.717) is 21.8 Å². The quantitative estimate of drug-likeness (QED) is 0.147. The molecule has 0 spiro atoms. The molecule has 0 unspecified atom stereocenters. The Morgan fingerprint density at radius 1 is 1.09 bits per heavy atom. The Kier molecular flexibility index (Phi) is 5.85. The van der Waals surface area contributed by atoms with Crippen molar-refractivity contribution in [2.75, 3.05) is 0 Å². The lowest BCUT2D eigenvalue weighted by atomic mass is 10.0. The van der Waals surface area contributed by atoms with Crippen LogP contribution < -0.4 is 4.74 Å². The summed E-state index contributed by atoms with van der Waals surface area (Å²) in [5.74, 6) is -0.599. The third kappa shape index (κ3) is 4.29. The maximum atomic E-state index is 13.4. The van der Waals surface area contributed by atoms with E-state index >= 15 is 0 Å². The van der Waals surface area contributed by atoms with Gasteiger partial charge in [0.15, 0.2) is 0 Å². The lowest BCUT2D eigenvalue weighted by Gasteiger charge is -2.10. The fourth-order valence-corrected chi connectivity index (χ4v) is 4.12. The molecular formula is C22H12ClFN2O5S. The number of nitrogens with zero attached hydrogens (tertiary/aromatic N) is 2. The van der Waals surface area contributed by atoms with Crippen molar-refractivity contribution < 1.29 is 24.0 Å². The monoisotopic (exact) mass is 470 g/mol. The molecule has 0 aliphatic carbocycles. The van der Waals surface area contributed by atoms with Crippen LogP contribution in [0.25, 0.3) is 33.0 Å². The van der Waals surface area contributed by atoms with Gasteiger partial charge in [-0.25, -0.2) is 14.2 Å². The first-order valence-corrected chi connectivity index (χ1v) is 10.3. The zero-order valence-electron chi connectivity index (χ0n) is 16.0. The van der Waals surface area contributed by atoms with E-state index < -0.39 is 16.9 Å². The molecule has 1 N–H and O–H groups in total. The summed E-state index contributed by atoms with van der Waals surface area (Å²) in [5.41, 5.74) is 2.03. The second-order valence-corrected chi connectivity index (χ2v) is 7.79. The number of rotatable bonds is 5. The van der Waals surface area contributed by atoms with Crippen molar-refractivity contribution in [1.29, 1.82) is 0 Å². The first-order chi connectivity index (χ1) is 15.3. The van der Waals surface area contributed by atoms with Gasteiger partial charge in [-0.05, 0) is 36.4 Å². The fraction of sp³-hybridized carbons (Fsp3) is 0. The molecular weight excluding hydrogens is 459 g/mol. The number of nitro groups is 1. The summed E-state index contributed by atoms with van der Waals surface area (Å²) in [6.07, 6.45) is -1.55. The van der Waals surface area contributed by atoms with Crippen LogP contribution in [-0.2, 0) is 0 Å². The van der Waals surface area contributed by atoms with Crippen molar-refractivity contribution >= 4 is 34.8 Å². The number of ether oxygens (including phenoxy) is 1. The summed E-state index contributed by atoms with van der Waals surface area (Å²) < 4.78 is 18.4. The second-order valence-electron chi connectivity index (χ2n) is 6.52. The van der Waals surface area contributed by atoms with Crippen molar-refractivity contribution in [2.24, 2.45) is 0 Å². The molecule has 32 heavy (non-hydrogen) atoms. The van der Waals surface area contributed by atoms with Gasteiger partial charge in [0.2, 0.25) is 0 Å². The zero-order chi connectivity index (χ0) is 22.8. The number of carbonyl (C=O) groups is 1. The highest BCUT2D eigenvalue weighted by Crippen LogP contribution is 2.40. The number of nitro benzene ring substituents is 1. The Bertz CT molecular complexity index is 1360. The lowest BCUT2D eigenvalue weighted by Crippen LogP contribution is -2.05. The average Bonchev–Trinajstić information content (AvgIpc) is 3.25. The van der Waals surface area contributed by atoms with Gasteiger partial charge in [0, 0.05) is 28.1 Å². The van der Waals surface area contributed by atoms with Crippen LogP contribution in [-0.4, -0.2) is 21.2 Å². The van der Waals surface area contributed by atoms with Gasteiger partial charge in [0.05, 0.1) is 21.2 Å². The summed E-state index contributed by atoms with van der Waals surface area (Å²) in [7, 11) is 0. The maximum Gasteiger partial charge on any atom is 0.511 e. The standard InChI is InChI=1S/C22H12ClFN2O5S/c23-16-9-12(6-8-17(16)24)18-11-32-21(25-18)13-5-7-15(20(10-13)31-22(27)28)14-3-1-2-4-19(14)26(29)30/h1-11H,(H,27,28). The van der Waals surface area contributed by atoms with Gasteiger partial charge >= 0.3 is 6.16 Å². The van der Waals surface area contributed by atoms with E-state index in [0.717, 1.165) is 0 Å². The second kappa shape index (κ2) is 8.74. The van der Waals surface area contributed by atoms with Crippen LogP contribution in [0.1, 0.15) is 0 Å². The molecule has 160 valence electrons. The molecule has 4 aromatic rings. The Morgan fingerprint density at radius 3 is 2.56 bits per heavy atom. The highest BCUT2D eigenvalue weighted by molar-refractivity contribution is 7.13. The van der Waals surface area contributed by atoms with Crippen LogP contribution in [0.3, 0.4) is 0 Å². The summed E-state index contributed by atoms with van der Waals surface area (Å²) in [5, 5.41) is 22.9. The van der Waals surface area contributed by atoms with Gasteiger partial charge in [-0.15, -0.1) is 11.3 Å². The van der Waals surface area contributed by atoms with Crippen LogP contribution >= 0.6 is 22.9 Å². The number of aromatic nitrogens is 1. The van der Waals surface area contributed by atoms with Crippen molar-refractivity contribution in [3.05, 3.63) is 87.0 Å². The SMILES string of the molecule is O=C(O)Oc1cc(-c2nc(-c3ccc(F)c(Cl)c3)cs2)ccc1-c1ccccc1[N+](=O)[O-]. The Hall–Kier alpha value is -3.82. The van der Waals surface area contributed by atoms with Crippen LogP contribution in [0, 0.1) is 15.9 Å². The highest BCUT2D eigenvalue weighted by atomic mass is 35.5. The van der Waals surface area contributed by atoms with Gasteiger partial charge in [-0.1, -0.05) is 29.8 Å². The molecule has 3 aromatic carbocycles. The Labute approximate surface area is 189 Å². The number of benzene rings is 3. The minimum Gasteiger partial charge on any atom is -0.449 e. The number of para-hydroxylation sites is 1. The highest BCUT2D eigenvalue weighted by Gasteiger charge is 2.20. The number of halogens is 2. The van der Waals surface area contributed by atoms with E-state index in [-0.39, 0.29) is 27.6 Å². The van der Waals surface area contributed by atoms with E-state index in [1.54, 1.807) is 29.6 Å². The number of hydrogen-bond donors (Lipinski definition) is 1. The molecule has 0 saturated carbocycles. The Balaban J connectivity index is 1.77. The molecule has 0 aliphatic heterocycles. The molecule has 0 radical (unpaired) electrons. The first kappa shape index (κ1) is 21.4. The van der Waals surface area contributed by atoms with Crippen molar-refractivity contribution in [1.82, 2.24) is 4.98 Å². The van der Waals surface area contributed by atoms with E-state index in [1.807, 2.05) is 0 Å². The van der Waals surface area contributed by atoms with Gasteiger partial charge in [0.1, 0.15) is 16.6 Å². The molecule has 1 heterocycles. The molecule has 4 rings (SSSR count). The van der Waals surface area contributed by atoms with E-state index in [4.69, 9.17) is 21.4 Å². The molecule has 0 saturated heterocycles. The van der Waals surface area contributed by atoms with Gasteiger partial charge < -0.3 is 9.84 Å². The van der Waals surface area contributed by atoms with E-state index in [2.05, 4.69) is 4.98 Å². The van der Waals surface area contributed by atoms with Crippen LogP contribution in [0.4, 0.5) is 14.9 Å². The van der Waals surface area contributed by atoms with Crippen molar-refractivity contribution in [3.8, 4) is 38.7 Å². The fourth-order valence-electron chi connectivity index (χ4n) is 3.11. The van der Waals surface area contributed by atoms with Gasteiger partial charge in [-0.3, -0.25) is 10.1 Å². The summed E-state index contributed by atoms with van der Waals surface area (Å²) in [6.45, 7) is 0. The molecule has 0 bridgehead atoms. The normalized spacial score (nSPS) is 10.7. The number of hydrogen-bond acceptors (Lipinski definition) is 6.